The maximum absolute atomic E-state index is 11.7. The molecular formula is C11H17NO3. The molecule has 0 spiro atoms. The molecule has 0 aromatic heterocycles. The van der Waals surface area contributed by atoms with E-state index in [4.69, 9.17) is 0 Å². The molecule has 1 aliphatic rings. The standard InChI is InChI=1S/C11H17NO3/c1-5-8(10(14)15-4)12-9(13)7-6-11(7,2)3/h5,7H,6H2,1-4H3,(H,12,13)/b8-5-. The number of carbonyl (C=O) groups excluding carboxylic acids is 2. The summed E-state index contributed by atoms with van der Waals surface area (Å²) in [4.78, 5) is 22.8. The molecule has 0 heterocycles. The van der Waals surface area contributed by atoms with Gasteiger partial charge < -0.3 is 10.1 Å². The second kappa shape index (κ2) is 4.04. The van der Waals surface area contributed by atoms with Gasteiger partial charge in [0, 0.05) is 5.92 Å². The SMILES string of the molecule is C/C=C(\NC(=O)C1CC1(C)C)C(=O)OC. The predicted molar refractivity (Wildman–Crippen MR) is 55.8 cm³/mol. The van der Waals surface area contributed by atoms with Gasteiger partial charge in [0.15, 0.2) is 0 Å². The molecule has 15 heavy (non-hydrogen) atoms. The highest BCUT2D eigenvalue weighted by Crippen LogP contribution is 2.51. The normalized spacial score (nSPS) is 23.2. The third-order valence-electron chi connectivity index (χ3n) is 2.78. The van der Waals surface area contributed by atoms with Gasteiger partial charge in [-0.25, -0.2) is 4.79 Å². The number of carbonyl (C=O) groups is 2. The zero-order chi connectivity index (χ0) is 11.6. The van der Waals surface area contributed by atoms with Gasteiger partial charge in [-0.2, -0.15) is 0 Å². The average Bonchev–Trinajstić information content (AvgIpc) is 2.82. The lowest BCUT2D eigenvalue weighted by Gasteiger charge is -2.08. The quantitative estimate of drug-likeness (QED) is 0.564. The van der Waals surface area contributed by atoms with Crippen LogP contribution in [0.2, 0.25) is 0 Å². The molecule has 0 aliphatic heterocycles. The minimum atomic E-state index is -0.510. The van der Waals surface area contributed by atoms with Crippen molar-refractivity contribution in [2.45, 2.75) is 27.2 Å². The Morgan fingerprint density at radius 1 is 1.47 bits per heavy atom. The molecule has 1 amide bonds. The molecule has 1 fully saturated rings. The Labute approximate surface area is 89.7 Å². The van der Waals surface area contributed by atoms with Crippen molar-refractivity contribution in [2.75, 3.05) is 7.11 Å². The molecular weight excluding hydrogens is 194 g/mol. The Bertz CT molecular complexity index is 318. The number of nitrogens with one attached hydrogen (secondary N) is 1. The summed E-state index contributed by atoms with van der Waals surface area (Å²) >= 11 is 0. The summed E-state index contributed by atoms with van der Waals surface area (Å²) in [5.74, 6) is -0.597. The average molecular weight is 211 g/mol. The van der Waals surface area contributed by atoms with Crippen LogP contribution in [0.5, 0.6) is 0 Å². The number of rotatable bonds is 3. The van der Waals surface area contributed by atoms with Gasteiger partial charge in [0.1, 0.15) is 5.70 Å². The smallest absolute Gasteiger partial charge is 0.354 e. The third kappa shape index (κ3) is 2.58. The number of ether oxygens (including phenoxy) is 1. The van der Waals surface area contributed by atoms with Crippen molar-refractivity contribution >= 4 is 11.9 Å². The van der Waals surface area contributed by atoms with Gasteiger partial charge in [-0.15, -0.1) is 0 Å². The number of methoxy groups -OCH3 is 1. The molecule has 84 valence electrons. The van der Waals surface area contributed by atoms with Crippen molar-refractivity contribution in [3.05, 3.63) is 11.8 Å². The predicted octanol–water partition coefficient (Wildman–Crippen LogP) is 1.23. The Hall–Kier alpha value is -1.32. The van der Waals surface area contributed by atoms with Gasteiger partial charge in [-0.1, -0.05) is 19.9 Å². The lowest BCUT2D eigenvalue weighted by atomic mass is 10.1. The molecule has 1 N–H and O–H groups in total. The summed E-state index contributed by atoms with van der Waals surface area (Å²) < 4.78 is 4.53. The highest BCUT2D eigenvalue weighted by atomic mass is 16.5. The minimum absolute atomic E-state index is 0.0112. The summed E-state index contributed by atoms with van der Waals surface area (Å²) in [5.41, 5.74) is 0.282. The van der Waals surface area contributed by atoms with Crippen LogP contribution in [-0.4, -0.2) is 19.0 Å². The minimum Gasteiger partial charge on any atom is -0.464 e. The Kier molecular flexibility index (Phi) is 3.17. The molecule has 0 saturated heterocycles. The van der Waals surface area contributed by atoms with E-state index in [1.165, 1.54) is 7.11 Å². The molecule has 0 aromatic rings. The molecule has 1 saturated carbocycles. The van der Waals surface area contributed by atoms with Gasteiger partial charge >= 0.3 is 5.97 Å². The summed E-state index contributed by atoms with van der Waals surface area (Å²) in [6.07, 6.45) is 2.41. The first-order valence-electron chi connectivity index (χ1n) is 4.98. The van der Waals surface area contributed by atoms with E-state index in [0.717, 1.165) is 6.42 Å². The van der Waals surface area contributed by atoms with E-state index in [2.05, 4.69) is 10.1 Å². The van der Waals surface area contributed by atoms with Gasteiger partial charge in [0.2, 0.25) is 5.91 Å². The van der Waals surface area contributed by atoms with Crippen molar-refractivity contribution < 1.29 is 14.3 Å². The maximum atomic E-state index is 11.7. The van der Waals surface area contributed by atoms with Crippen LogP contribution >= 0.6 is 0 Å². The fourth-order valence-corrected chi connectivity index (χ4v) is 1.49. The van der Waals surface area contributed by atoms with Gasteiger partial charge in [-0.3, -0.25) is 4.79 Å². The van der Waals surface area contributed by atoms with Crippen molar-refractivity contribution in [1.29, 1.82) is 0 Å². The molecule has 4 heteroatoms. The fourth-order valence-electron chi connectivity index (χ4n) is 1.49. The van der Waals surface area contributed by atoms with Crippen LogP contribution < -0.4 is 5.32 Å². The number of allylic oxidation sites excluding steroid dienone is 1. The first-order chi connectivity index (χ1) is 6.92. The molecule has 0 radical (unpaired) electrons. The van der Waals surface area contributed by atoms with Gasteiger partial charge in [0.25, 0.3) is 0 Å². The topological polar surface area (TPSA) is 55.4 Å². The van der Waals surface area contributed by atoms with Gasteiger partial charge in [0.05, 0.1) is 7.11 Å². The van der Waals surface area contributed by atoms with Crippen molar-refractivity contribution in [3.63, 3.8) is 0 Å². The first kappa shape index (κ1) is 11.8. The molecule has 1 aliphatic carbocycles. The van der Waals surface area contributed by atoms with E-state index in [-0.39, 0.29) is 22.9 Å². The van der Waals surface area contributed by atoms with Crippen LogP contribution in [0, 0.1) is 11.3 Å². The van der Waals surface area contributed by atoms with Crippen molar-refractivity contribution in [1.82, 2.24) is 5.32 Å². The van der Waals surface area contributed by atoms with E-state index < -0.39 is 5.97 Å². The molecule has 1 unspecified atom stereocenters. The van der Waals surface area contributed by atoms with Gasteiger partial charge in [-0.05, 0) is 18.8 Å². The molecule has 0 aromatic carbocycles. The summed E-state index contributed by atoms with van der Waals surface area (Å²) in [7, 11) is 1.29. The second-order valence-corrected chi connectivity index (χ2v) is 4.43. The summed E-state index contributed by atoms with van der Waals surface area (Å²) in [6.45, 7) is 5.75. The van der Waals surface area contributed by atoms with Crippen LogP contribution in [0.15, 0.2) is 11.8 Å². The van der Waals surface area contributed by atoms with Crippen LogP contribution in [0.3, 0.4) is 0 Å². The van der Waals surface area contributed by atoms with Crippen LogP contribution in [-0.2, 0) is 14.3 Å². The lowest BCUT2D eigenvalue weighted by molar-refractivity contribution is -0.138. The molecule has 4 nitrogen and oxygen atoms in total. The van der Waals surface area contributed by atoms with Crippen LogP contribution in [0.4, 0.5) is 0 Å². The molecule has 1 atom stereocenters. The maximum Gasteiger partial charge on any atom is 0.354 e. The first-order valence-corrected chi connectivity index (χ1v) is 4.98. The lowest BCUT2D eigenvalue weighted by Crippen LogP contribution is -2.30. The van der Waals surface area contributed by atoms with Crippen LogP contribution in [0.1, 0.15) is 27.2 Å². The number of hydrogen-bond acceptors (Lipinski definition) is 3. The van der Waals surface area contributed by atoms with Crippen molar-refractivity contribution in [3.8, 4) is 0 Å². The Morgan fingerprint density at radius 3 is 2.33 bits per heavy atom. The third-order valence-corrected chi connectivity index (χ3v) is 2.78. The zero-order valence-corrected chi connectivity index (χ0v) is 9.59. The van der Waals surface area contributed by atoms with E-state index in [0.29, 0.717) is 0 Å². The Morgan fingerprint density at radius 2 is 2.00 bits per heavy atom. The van der Waals surface area contributed by atoms with E-state index in [9.17, 15) is 9.59 Å². The summed E-state index contributed by atoms with van der Waals surface area (Å²) in [6, 6.07) is 0. The Balaban J connectivity index is 2.55. The largest absolute Gasteiger partial charge is 0.464 e. The summed E-state index contributed by atoms with van der Waals surface area (Å²) in [5, 5.41) is 2.58. The highest BCUT2D eigenvalue weighted by molar-refractivity contribution is 5.95. The highest BCUT2D eigenvalue weighted by Gasteiger charge is 2.50. The van der Waals surface area contributed by atoms with Crippen molar-refractivity contribution in [2.24, 2.45) is 11.3 Å². The second-order valence-electron chi connectivity index (χ2n) is 4.43. The number of esters is 1. The fraction of sp³-hybridized carbons (Fsp3) is 0.636. The number of hydrogen-bond donors (Lipinski definition) is 1. The van der Waals surface area contributed by atoms with Crippen LogP contribution in [0.25, 0.3) is 0 Å². The zero-order valence-electron chi connectivity index (χ0n) is 9.59. The van der Waals surface area contributed by atoms with E-state index in [1.54, 1.807) is 13.0 Å². The van der Waals surface area contributed by atoms with E-state index >= 15 is 0 Å². The molecule has 1 rings (SSSR count). The monoisotopic (exact) mass is 211 g/mol. The molecule has 0 bridgehead atoms. The van der Waals surface area contributed by atoms with E-state index in [1.807, 2.05) is 13.8 Å². The number of amides is 1.